The first kappa shape index (κ1) is 23.8. The van der Waals surface area contributed by atoms with Crippen molar-refractivity contribution in [2.75, 3.05) is 34.3 Å². The van der Waals surface area contributed by atoms with Crippen molar-refractivity contribution in [2.24, 2.45) is 4.99 Å². The number of guanidine groups is 1. The van der Waals surface area contributed by atoms with Crippen molar-refractivity contribution in [2.45, 2.75) is 19.9 Å². The maximum atomic E-state index is 12.0. The van der Waals surface area contributed by atoms with E-state index in [0.717, 1.165) is 29.3 Å². The molecule has 1 amide bonds. The van der Waals surface area contributed by atoms with Crippen molar-refractivity contribution in [1.82, 2.24) is 15.5 Å². The Bertz CT molecular complexity index is 776. The number of ether oxygens (including phenoxy) is 1. The summed E-state index contributed by atoms with van der Waals surface area (Å²) in [6, 6.07) is 9.70. The first-order chi connectivity index (χ1) is 13.1. The third kappa shape index (κ3) is 6.74. The molecule has 0 unspecified atom stereocenters. The molecule has 0 aliphatic rings. The summed E-state index contributed by atoms with van der Waals surface area (Å²) in [4.78, 5) is 18.3. The zero-order chi connectivity index (χ0) is 19.6. The van der Waals surface area contributed by atoms with E-state index in [-0.39, 0.29) is 29.9 Å². The number of rotatable bonds is 8. The van der Waals surface area contributed by atoms with Gasteiger partial charge in [0.25, 0.3) is 5.91 Å². The molecule has 28 heavy (non-hydrogen) atoms. The van der Waals surface area contributed by atoms with Gasteiger partial charge in [0.15, 0.2) is 11.7 Å². The summed E-state index contributed by atoms with van der Waals surface area (Å²) in [6.07, 6.45) is 2.29. The summed E-state index contributed by atoms with van der Waals surface area (Å²) < 4.78 is 10.6. The molecule has 0 atom stereocenters. The standard InChI is InChI=1S/C20H28N4O3.HI/c1-15-10-13-27-18(15)19(25)22-11-7-12-23-20(21-2)24(3)14-16-8-5-6-9-17(16)26-4;/h5-6,8-10,13H,7,11-12,14H2,1-4H3,(H,21,23)(H,22,25);1H. The van der Waals surface area contributed by atoms with Gasteiger partial charge in [0.2, 0.25) is 0 Å². The molecule has 0 aliphatic heterocycles. The Labute approximate surface area is 183 Å². The number of hydrogen-bond acceptors (Lipinski definition) is 4. The van der Waals surface area contributed by atoms with Gasteiger partial charge in [-0.25, -0.2) is 0 Å². The first-order valence-corrected chi connectivity index (χ1v) is 8.92. The van der Waals surface area contributed by atoms with Gasteiger partial charge in [-0.15, -0.1) is 24.0 Å². The van der Waals surface area contributed by atoms with E-state index < -0.39 is 0 Å². The molecule has 0 saturated heterocycles. The maximum absolute atomic E-state index is 12.0. The van der Waals surface area contributed by atoms with Gasteiger partial charge >= 0.3 is 0 Å². The van der Waals surface area contributed by atoms with E-state index >= 15 is 0 Å². The molecule has 0 spiro atoms. The number of para-hydroxylation sites is 1. The van der Waals surface area contributed by atoms with Crippen molar-refractivity contribution >= 4 is 35.8 Å². The van der Waals surface area contributed by atoms with Gasteiger partial charge in [0.1, 0.15) is 5.75 Å². The Morgan fingerprint density at radius 1 is 1.21 bits per heavy atom. The van der Waals surface area contributed by atoms with Gasteiger partial charge in [0.05, 0.1) is 13.4 Å². The van der Waals surface area contributed by atoms with Crippen LogP contribution in [0, 0.1) is 6.92 Å². The average Bonchev–Trinajstić information content (AvgIpc) is 3.10. The van der Waals surface area contributed by atoms with Crippen LogP contribution in [0.15, 0.2) is 46.0 Å². The van der Waals surface area contributed by atoms with Gasteiger partial charge in [-0.2, -0.15) is 0 Å². The number of halogens is 1. The Morgan fingerprint density at radius 3 is 2.57 bits per heavy atom. The molecule has 0 saturated carbocycles. The topological polar surface area (TPSA) is 79.1 Å². The molecular weight excluding hydrogens is 471 g/mol. The van der Waals surface area contributed by atoms with Crippen molar-refractivity contribution < 1.29 is 13.9 Å². The van der Waals surface area contributed by atoms with Gasteiger partial charge in [-0.05, 0) is 25.5 Å². The Hall–Kier alpha value is -2.23. The number of aryl methyl sites for hydroxylation is 1. The van der Waals surface area contributed by atoms with Gasteiger partial charge in [-0.3, -0.25) is 9.79 Å². The van der Waals surface area contributed by atoms with Crippen LogP contribution in [-0.4, -0.2) is 51.1 Å². The number of benzene rings is 1. The van der Waals surface area contributed by atoms with Crippen LogP contribution < -0.4 is 15.4 Å². The van der Waals surface area contributed by atoms with Crippen LogP contribution >= 0.6 is 24.0 Å². The molecule has 0 radical (unpaired) electrons. The molecule has 2 N–H and O–H groups in total. The molecule has 1 heterocycles. The summed E-state index contributed by atoms with van der Waals surface area (Å²) in [6.45, 7) is 3.78. The second-order valence-corrected chi connectivity index (χ2v) is 6.18. The number of nitrogens with one attached hydrogen (secondary N) is 2. The van der Waals surface area contributed by atoms with Crippen LogP contribution in [0.25, 0.3) is 0 Å². The predicted molar refractivity (Wildman–Crippen MR) is 122 cm³/mol. The lowest BCUT2D eigenvalue weighted by molar-refractivity contribution is 0.0925. The van der Waals surface area contributed by atoms with Crippen molar-refractivity contribution in [1.29, 1.82) is 0 Å². The zero-order valence-electron chi connectivity index (χ0n) is 16.8. The monoisotopic (exact) mass is 500 g/mol. The second-order valence-electron chi connectivity index (χ2n) is 6.18. The number of nitrogens with zero attached hydrogens (tertiary/aromatic N) is 2. The number of methoxy groups -OCH3 is 1. The summed E-state index contributed by atoms with van der Waals surface area (Å²) in [5.41, 5.74) is 1.93. The molecule has 7 nitrogen and oxygen atoms in total. The van der Waals surface area contributed by atoms with Crippen LogP contribution in [0.1, 0.15) is 28.1 Å². The minimum Gasteiger partial charge on any atom is -0.496 e. The third-order valence-electron chi connectivity index (χ3n) is 4.16. The number of carbonyl (C=O) groups excluding carboxylic acids is 1. The van der Waals surface area contributed by atoms with Gasteiger partial charge in [-0.1, -0.05) is 18.2 Å². The highest BCUT2D eigenvalue weighted by Gasteiger charge is 2.12. The zero-order valence-corrected chi connectivity index (χ0v) is 19.2. The highest BCUT2D eigenvalue weighted by Crippen LogP contribution is 2.18. The Kier molecular flexibility index (Phi) is 10.4. The number of carbonyl (C=O) groups is 1. The van der Waals surface area contributed by atoms with Crippen molar-refractivity contribution in [3.8, 4) is 5.75 Å². The molecule has 1 aromatic carbocycles. The number of amides is 1. The fourth-order valence-electron chi connectivity index (χ4n) is 2.72. The van der Waals surface area contributed by atoms with E-state index in [0.29, 0.717) is 25.4 Å². The van der Waals surface area contributed by atoms with Crippen LogP contribution in [0.4, 0.5) is 0 Å². The Balaban J connectivity index is 0.00000392. The fraction of sp³-hybridized carbons (Fsp3) is 0.400. The quantitative estimate of drug-likeness (QED) is 0.252. The van der Waals surface area contributed by atoms with Gasteiger partial charge in [0, 0.05) is 44.9 Å². The van der Waals surface area contributed by atoms with Crippen LogP contribution in [0.5, 0.6) is 5.75 Å². The largest absolute Gasteiger partial charge is 0.496 e. The van der Waals surface area contributed by atoms with E-state index in [1.165, 1.54) is 6.26 Å². The molecule has 154 valence electrons. The number of furan rings is 1. The first-order valence-electron chi connectivity index (χ1n) is 8.92. The molecule has 8 heteroatoms. The molecule has 0 bridgehead atoms. The SMILES string of the molecule is CN=C(NCCCNC(=O)c1occc1C)N(C)Cc1ccccc1OC.I. The fourth-order valence-corrected chi connectivity index (χ4v) is 2.72. The summed E-state index contributed by atoms with van der Waals surface area (Å²) in [5, 5.41) is 6.17. The van der Waals surface area contributed by atoms with E-state index in [1.807, 2.05) is 43.1 Å². The van der Waals surface area contributed by atoms with Crippen molar-refractivity contribution in [3.63, 3.8) is 0 Å². The van der Waals surface area contributed by atoms with Gasteiger partial charge < -0.3 is 24.7 Å². The van der Waals surface area contributed by atoms with Crippen molar-refractivity contribution in [3.05, 3.63) is 53.5 Å². The predicted octanol–water partition coefficient (Wildman–Crippen LogP) is 3.04. The summed E-state index contributed by atoms with van der Waals surface area (Å²) in [7, 11) is 5.40. The van der Waals surface area contributed by atoms with Crippen LogP contribution in [0.3, 0.4) is 0 Å². The molecule has 0 aliphatic carbocycles. The van der Waals surface area contributed by atoms with E-state index in [9.17, 15) is 4.79 Å². The average molecular weight is 500 g/mol. The lowest BCUT2D eigenvalue weighted by Gasteiger charge is -2.23. The maximum Gasteiger partial charge on any atom is 0.287 e. The molecule has 2 rings (SSSR count). The van der Waals surface area contributed by atoms with Crippen LogP contribution in [-0.2, 0) is 6.54 Å². The smallest absolute Gasteiger partial charge is 0.287 e. The summed E-state index contributed by atoms with van der Waals surface area (Å²) >= 11 is 0. The molecule has 1 aromatic heterocycles. The highest BCUT2D eigenvalue weighted by atomic mass is 127. The lowest BCUT2D eigenvalue weighted by atomic mass is 10.2. The number of hydrogen-bond donors (Lipinski definition) is 2. The normalized spacial score (nSPS) is 10.8. The second kappa shape index (κ2) is 12.3. The molecule has 2 aromatic rings. The number of aliphatic imine (C=N–C) groups is 1. The van der Waals surface area contributed by atoms with Crippen LogP contribution in [0.2, 0.25) is 0 Å². The van der Waals surface area contributed by atoms with E-state index in [4.69, 9.17) is 9.15 Å². The highest BCUT2D eigenvalue weighted by molar-refractivity contribution is 14.0. The minimum absolute atomic E-state index is 0. The Morgan fingerprint density at radius 2 is 1.93 bits per heavy atom. The minimum atomic E-state index is -0.185. The summed E-state index contributed by atoms with van der Waals surface area (Å²) in [5.74, 6) is 1.83. The van der Waals surface area contributed by atoms with E-state index in [1.54, 1.807) is 20.2 Å². The molecular formula is C20H29IN4O3. The lowest BCUT2D eigenvalue weighted by Crippen LogP contribution is -2.39. The molecule has 0 fully saturated rings. The third-order valence-corrected chi connectivity index (χ3v) is 4.16. The van der Waals surface area contributed by atoms with E-state index in [2.05, 4.69) is 15.6 Å².